The third kappa shape index (κ3) is 5.31. The van der Waals surface area contributed by atoms with E-state index in [0.717, 1.165) is 30.6 Å². The quantitative estimate of drug-likeness (QED) is 0.514. The molecule has 3 heterocycles. The largest absolute Gasteiger partial charge is 0.344 e. The Morgan fingerprint density at radius 3 is 2.82 bits per heavy atom. The van der Waals surface area contributed by atoms with Gasteiger partial charge in [-0.05, 0) is 25.0 Å². The maximum Gasteiger partial charge on any atom is 0.211 e. The Kier molecular flexibility index (Phi) is 6.39. The fourth-order valence-electron chi connectivity index (χ4n) is 4.10. The second-order valence-corrected chi connectivity index (χ2v) is 11.7. The predicted molar refractivity (Wildman–Crippen MR) is 129 cm³/mol. The van der Waals surface area contributed by atoms with Gasteiger partial charge in [-0.25, -0.2) is 23.1 Å². The van der Waals surface area contributed by atoms with E-state index in [4.69, 9.17) is 4.98 Å². The van der Waals surface area contributed by atoms with Crippen molar-refractivity contribution in [2.75, 3.05) is 18.8 Å². The third-order valence-electron chi connectivity index (χ3n) is 5.93. The Balaban J connectivity index is 1.53. The molecule has 2 aromatic heterocycles. The van der Waals surface area contributed by atoms with E-state index in [1.165, 1.54) is 0 Å². The lowest BCUT2D eigenvalue weighted by atomic mass is 9.87. The second-order valence-electron chi connectivity index (χ2n) is 9.68. The van der Waals surface area contributed by atoms with Crippen LogP contribution in [0.2, 0.25) is 0 Å². The lowest BCUT2D eigenvalue weighted by Gasteiger charge is -2.17. The maximum atomic E-state index is 12.8. The molecule has 1 atom stereocenters. The Hall–Kier alpha value is -2.62. The van der Waals surface area contributed by atoms with E-state index in [1.54, 1.807) is 19.3 Å². The van der Waals surface area contributed by atoms with Crippen LogP contribution >= 0.6 is 0 Å². The van der Waals surface area contributed by atoms with E-state index in [1.807, 2.05) is 32.9 Å². The summed E-state index contributed by atoms with van der Waals surface area (Å²) in [5.74, 6) is 0.123. The molecular weight excluding hydrogens is 438 g/mol. The number of H-pyrrole nitrogens is 1. The molecule has 0 amide bonds. The Morgan fingerprint density at radius 2 is 2.09 bits per heavy atom. The van der Waals surface area contributed by atoms with Crippen LogP contribution in [-0.2, 0) is 16.6 Å². The molecule has 1 aliphatic rings. The van der Waals surface area contributed by atoms with E-state index in [9.17, 15) is 13.2 Å². The van der Waals surface area contributed by atoms with E-state index in [0.29, 0.717) is 29.0 Å². The minimum absolute atomic E-state index is 0.0243. The molecule has 3 aromatic rings. The van der Waals surface area contributed by atoms with Crippen LogP contribution in [0.5, 0.6) is 0 Å². The smallest absolute Gasteiger partial charge is 0.211 e. The number of carbonyl (C=O) groups excluding carboxylic acids is 1. The number of likely N-dealkylation sites (tertiary alicyclic amines) is 1. The molecule has 8 nitrogen and oxygen atoms in total. The Bertz CT molecular complexity index is 1280. The van der Waals surface area contributed by atoms with E-state index >= 15 is 0 Å². The van der Waals surface area contributed by atoms with Crippen molar-refractivity contribution in [1.29, 1.82) is 0 Å². The summed E-state index contributed by atoms with van der Waals surface area (Å²) in [6, 6.07) is 8.07. The van der Waals surface area contributed by atoms with Crippen LogP contribution in [0.3, 0.4) is 0 Å². The zero-order chi connectivity index (χ0) is 23.8. The van der Waals surface area contributed by atoms with Gasteiger partial charge in [0.25, 0.3) is 0 Å². The SMILES string of the molecule is CCS(=O)(=O)NC1CCN(Cc2cccc(-c3cnc4[nH]cc(C(=O)C(C)(C)C)c4n3)c2)C1. The minimum Gasteiger partial charge on any atom is -0.344 e. The van der Waals surface area contributed by atoms with E-state index in [2.05, 4.69) is 31.7 Å². The summed E-state index contributed by atoms with van der Waals surface area (Å²) in [6.07, 6.45) is 4.21. The number of aromatic amines is 1. The summed E-state index contributed by atoms with van der Waals surface area (Å²) in [6.45, 7) is 9.59. The first-order chi connectivity index (χ1) is 15.6. The first-order valence-electron chi connectivity index (χ1n) is 11.3. The van der Waals surface area contributed by atoms with Crippen molar-refractivity contribution >= 4 is 27.0 Å². The van der Waals surface area contributed by atoms with Crippen molar-refractivity contribution in [1.82, 2.24) is 24.6 Å². The first kappa shape index (κ1) is 23.5. The van der Waals surface area contributed by atoms with Gasteiger partial charge in [-0.15, -0.1) is 0 Å². The number of hydrogen-bond acceptors (Lipinski definition) is 6. The summed E-state index contributed by atoms with van der Waals surface area (Å²) in [7, 11) is -3.19. The lowest BCUT2D eigenvalue weighted by molar-refractivity contribution is 0.0860. The molecule has 0 radical (unpaired) electrons. The zero-order valence-corrected chi connectivity index (χ0v) is 20.4. The van der Waals surface area contributed by atoms with Gasteiger partial charge < -0.3 is 4.98 Å². The van der Waals surface area contributed by atoms with E-state index in [-0.39, 0.29) is 17.6 Å². The molecule has 176 valence electrons. The number of rotatable bonds is 7. The molecule has 0 bridgehead atoms. The van der Waals surface area contributed by atoms with Gasteiger partial charge in [-0.2, -0.15) is 0 Å². The van der Waals surface area contributed by atoms with Crippen molar-refractivity contribution in [2.24, 2.45) is 5.41 Å². The van der Waals surface area contributed by atoms with Crippen LogP contribution in [0.25, 0.3) is 22.4 Å². The molecule has 1 saturated heterocycles. The second kappa shape index (κ2) is 8.96. The molecule has 4 rings (SSSR count). The molecule has 1 fully saturated rings. The summed E-state index contributed by atoms with van der Waals surface area (Å²) in [5.41, 5.74) is 3.99. The number of sulfonamides is 1. The van der Waals surface area contributed by atoms with Crippen LogP contribution in [0.1, 0.15) is 50.0 Å². The number of benzene rings is 1. The summed E-state index contributed by atoms with van der Waals surface area (Å²) in [4.78, 5) is 27.4. The molecule has 1 unspecified atom stereocenters. The fourth-order valence-corrected chi connectivity index (χ4v) is 4.97. The highest BCUT2D eigenvalue weighted by Crippen LogP contribution is 2.27. The first-order valence-corrected chi connectivity index (χ1v) is 12.9. The van der Waals surface area contributed by atoms with Crippen LogP contribution in [0.4, 0.5) is 0 Å². The van der Waals surface area contributed by atoms with Crippen molar-refractivity contribution in [3.63, 3.8) is 0 Å². The van der Waals surface area contributed by atoms with Crippen molar-refractivity contribution in [3.05, 3.63) is 47.8 Å². The average Bonchev–Trinajstić information content (AvgIpc) is 3.38. The van der Waals surface area contributed by atoms with Crippen LogP contribution in [0, 0.1) is 5.41 Å². The normalized spacial score (nSPS) is 17.6. The monoisotopic (exact) mass is 469 g/mol. The van der Waals surface area contributed by atoms with E-state index < -0.39 is 15.4 Å². The topological polar surface area (TPSA) is 108 Å². The van der Waals surface area contributed by atoms with Gasteiger partial charge in [0.15, 0.2) is 11.4 Å². The third-order valence-corrected chi connectivity index (χ3v) is 7.39. The number of nitrogens with one attached hydrogen (secondary N) is 2. The molecule has 0 saturated carbocycles. The highest BCUT2D eigenvalue weighted by molar-refractivity contribution is 7.89. The predicted octanol–water partition coefficient (Wildman–Crippen LogP) is 3.37. The Labute approximate surface area is 194 Å². The van der Waals surface area contributed by atoms with Crippen molar-refractivity contribution in [2.45, 2.75) is 46.7 Å². The van der Waals surface area contributed by atoms with Crippen molar-refractivity contribution < 1.29 is 13.2 Å². The van der Waals surface area contributed by atoms with Crippen molar-refractivity contribution in [3.8, 4) is 11.3 Å². The number of carbonyl (C=O) groups is 1. The number of Topliss-reactive ketones (excluding diaryl/α,β-unsaturated/α-hetero) is 1. The average molecular weight is 470 g/mol. The number of fused-ring (bicyclic) bond motifs is 1. The number of nitrogens with zero attached hydrogens (tertiary/aromatic N) is 3. The maximum absolute atomic E-state index is 12.8. The highest BCUT2D eigenvalue weighted by Gasteiger charge is 2.27. The van der Waals surface area contributed by atoms with Gasteiger partial charge in [0, 0.05) is 42.9 Å². The van der Waals surface area contributed by atoms with Crippen LogP contribution in [-0.4, -0.2) is 58.9 Å². The number of hydrogen-bond donors (Lipinski definition) is 2. The number of aromatic nitrogens is 3. The molecule has 1 aliphatic heterocycles. The minimum atomic E-state index is -3.19. The van der Waals surface area contributed by atoms with Gasteiger partial charge in [0.05, 0.1) is 23.2 Å². The lowest BCUT2D eigenvalue weighted by Crippen LogP contribution is -2.37. The number of ketones is 1. The molecule has 2 N–H and O–H groups in total. The summed E-state index contributed by atoms with van der Waals surface area (Å²) in [5, 5.41) is 0. The fraction of sp³-hybridized carbons (Fsp3) is 0.458. The van der Waals surface area contributed by atoms with Gasteiger partial charge >= 0.3 is 0 Å². The highest BCUT2D eigenvalue weighted by atomic mass is 32.2. The standard InChI is InChI=1S/C24H31N5O3S/c1-5-33(31,32)28-18-9-10-29(15-18)14-16-7-6-8-17(11-16)20-13-26-23-21(27-20)19(12-25-23)22(30)24(2,3)4/h6-8,11-13,18,28H,5,9-10,14-15H2,1-4H3,(H,25,26). The summed E-state index contributed by atoms with van der Waals surface area (Å²) >= 11 is 0. The van der Waals surface area contributed by atoms with Gasteiger partial charge in [-0.3, -0.25) is 9.69 Å². The molecule has 1 aromatic carbocycles. The molecular formula is C24H31N5O3S. The Morgan fingerprint density at radius 1 is 1.30 bits per heavy atom. The zero-order valence-electron chi connectivity index (χ0n) is 19.6. The molecule has 9 heteroatoms. The molecule has 33 heavy (non-hydrogen) atoms. The van der Waals surface area contributed by atoms with Crippen LogP contribution < -0.4 is 4.72 Å². The van der Waals surface area contributed by atoms with Gasteiger partial charge in [0.2, 0.25) is 10.0 Å². The van der Waals surface area contributed by atoms with Crippen LogP contribution in [0.15, 0.2) is 36.7 Å². The summed E-state index contributed by atoms with van der Waals surface area (Å²) < 4.78 is 26.5. The molecule has 0 spiro atoms. The molecule has 0 aliphatic carbocycles. The van der Waals surface area contributed by atoms with Gasteiger partial charge in [-0.1, -0.05) is 39.0 Å². The van der Waals surface area contributed by atoms with Gasteiger partial charge in [0.1, 0.15) is 5.52 Å².